The molecule has 2 rings (SSSR count). The smallest absolute Gasteiger partial charge is 0.254 e. The number of allylic oxidation sites excluding steroid dienone is 7. The van der Waals surface area contributed by atoms with E-state index in [1.807, 2.05) is 25.2 Å². The Balaban J connectivity index is 2.06. The van der Waals surface area contributed by atoms with Gasteiger partial charge < -0.3 is 19.6 Å². The lowest BCUT2D eigenvalue weighted by atomic mass is 9.93. The van der Waals surface area contributed by atoms with Crippen molar-refractivity contribution in [3.63, 3.8) is 0 Å². The molecule has 0 aliphatic heterocycles. The molecule has 150 valence electrons. The minimum atomic E-state index is -1.48. The molecule has 28 heavy (non-hydrogen) atoms. The molecule has 1 aromatic heterocycles. The van der Waals surface area contributed by atoms with Crippen molar-refractivity contribution in [2.75, 3.05) is 13.7 Å². The highest BCUT2D eigenvalue weighted by molar-refractivity contribution is 5.85. The zero-order chi connectivity index (χ0) is 20.6. The second-order valence-electron chi connectivity index (χ2n) is 6.81. The number of aliphatic hydroxyl groups excluding tert-OH is 1. The highest BCUT2D eigenvalue weighted by atomic mass is 16.5. The summed E-state index contributed by atoms with van der Waals surface area (Å²) in [6.07, 6.45) is 16.2. The fraction of sp³-hybridized carbons (Fsp3) is 0.348. The van der Waals surface area contributed by atoms with E-state index in [0.29, 0.717) is 11.1 Å². The Hall–Kier alpha value is -2.63. The maximum atomic E-state index is 12.4. The minimum absolute atomic E-state index is 0.0984. The van der Waals surface area contributed by atoms with Gasteiger partial charge in [0.25, 0.3) is 5.91 Å². The summed E-state index contributed by atoms with van der Waals surface area (Å²) in [7, 11) is 1.50. The first-order chi connectivity index (χ1) is 13.4. The third-order valence-corrected chi connectivity index (χ3v) is 4.75. The first kappa shape index (κ1) is 21.7. The fourth-order valence-corrected chi connectivity index (χ4v) is 2.95. The Morgan fingerprint density at radius 1 is 1.46 bits per heavy atom. The van der Waals surface area contributed by atoms with E-state index < -0.39 is 17.6 Å². The molecule has 0 fully saturated rings. The van der Waals surface area contributed by atoms with Gasteiger partial charge in [0.2, 0.25) is 0 Å². The Bertz CT molecular complexity index is 799. The van der Waals surface area contributed by atoms with Crippen molar-refractivity contribution < 1.29 is 19.1 Å². The number of rotatable bonds is 9. The number of aliphatic hydroxyl groups is 1. The number of hydrogen-bond donors (Lipinski definition) is 2. The highest BCUT2D eigenvalue weighted by Gasteiger charge is 2.42. The van der Waals surface area contributed by atoms with E-state index >= 15 is 0 Å². The molecule has 0 spiro atoms. The van der Waals surface area contributed by atoms with E-state index in [2.05, 4.69) is 30.1 Å². The van der Waals surface area contributed by atoms with Crippen molar-refractivity contribution in [1.82, 2.24) is 5.32 Å². The molecule has 1 aromatic rings. The Labute approximate surface area is 166 Å². The first-order valence-corrected chi connectivity index (χ1v) is 9.38. The summed E-state index contributed by atoms with van der Waals surface area (Å²) in [6.45, 7) is 7.65. The van der Waals surface area contributed by atoms with E-state index in [1.165, 1.54) is 25.1 Å². The molecular weight excluding hydrogens is 354 g/mol. The average Bonchev–Trinajstić information content (AvgIpc) is 3.26. The molecule has 0 aromatic carbocycles. The lowest BCUT2D eigenvalue weighted by molar-refractivity contribution is -0.160. The van der Waals surface area contributed by atoms with E-state index in [-0.39, 0.29) is 6.61 Å². The summed E-state index contributed by atoms with van der Waals surface area (Å²) in [5, 5.41) is 13.2. The number of likely N-dealkylation sites (N-methyl/N-ethyl adjacent to an activating group) is 1. The summed E-state index contributed by atoms with van der Waals surface area (Å²) in [4.78, 5) is 12.4. The summed E-state index contributed by atoms with van der Waals surface area (Å²) in [5.41, 5.74) is 1.97. The van der Waals surface area contributed by atoms with Crippen LogP contribution in [0.4, 0.5) is 0 Å². The van der Waals surface area contributed by atoms with Gasteiger partial charge in [0, 0.05) is 12.6 Å². The maximum absolute atomic E-state index is 12.4. The van der Waals surface area contributed by atoms with Gasteiger partial charge in [0.05, 0.1) is 19.1 Å². The van der Waals surface area contributed by atoms with Crippen LogP contribution < -0.4 is 5.32 Å². The van der Waals surface area contributed by atoms with Gasteiger partial charge in [-0.25, -0.2) is 0 Å². The van der Waals surface area contributed by atoms with Crippen molar-refractivity contribution in [1.29, 1.82) is 0 Å². The van der Waals surface area contributed by atoms with Crippen LogP contribution in [-0.2, 0) is 9.53 Å². The first-order valence-electron chi connectivity index (χ1n) is 9.38. The summed E-state index contributed by atoms with van der Waals surface area (Å²) in [6, 6.07) is 1.60. The quantitative estimate of drug-likeness (QED) is 0.628. The molecule has 1 heterocycles. The number of carbonyl (C=O) groups is 1. The minimum Gasteiger partial charge on any atom is -0.472 e. The van der Waals surface area contributed by atoms with Gasteiger partial charge in [-0.2, -0.15) is 0 Å². The van der Waals surface area contributed by atoms with Gasteiger partial charge >= 0.3 is 0 Å². The molecule has 5 nitrogen and oxygen atoms in total. The van der Waals surface area contributed by atoms with Crippen LogP contribution in [0.5, 0.6) is 0 Å². The van der Waals surface area contributed by atoms with Crippen molar-refractivity contribution in [3.8, 4) is 0 Å². The lowest BCUT2D eigenvalue weighted by Gasteiger charge is -2.32. The molecule has 0 saturated carbocycles. The number of amides is 1. The number of carbonyl (C=O) groups excluding carboxylic acids is 1. The number of furan rings is 1. The van der Waals surface area contributed by atoms with Crippen LogP contribution in [0.1, 0.15) is 38.4 Å². The fourth-order valence-electron chi connectivity index (χ4n) is 2.95. The number of nitrogens with one attached hydrogen (secondary N) is 1. The molecule has 5 heteroatoms. The largest absolute Gasteiger partial charge is 0.472 e. The van der Waals surface area contributed by atoms with Gasteiger partial charge in [0.1, 0.15) is 6.10 Å². The Morgan fingerprint density at radius 2 is 2.25 bits per heavy atom. The number of hydrogen-bond acceptors (Lipinski definition) is 4. The van der Waals surface area contributed by atoms with E-state index in [9.17, 15) is 9.90 Å². The predicted molar refractivity (Wildman–Crippen MR) is 111 cm³/mol. The maximum Gasteiger partial charge on any atom is 0.254 e. The monoisotopic (exact) mass is 383 g/mol. The van der Waals surface area contributed by atoms with Crippen LogP contribution in [0.15, 0.2) is 82.8 Å². The highest BCUT2D eigenvalue weighted by Crippen LogP contribution is 2.30. The van der Waals surface area contributed by atoms with E-state index in [0.717, 1.165) is 18.4 Å². The molecule has 2 unspecified atom stereocenters. The molecule has 2 atom stereocenters. The summed E-state index contributed by atoms with van der Waals surface area (Å²) in [5.74, 6) is -0.426. The van der Waals surface area contributed by atoms with Crippen LogP contribution in [0, 0.1) is 0 Å². The Kier molecular flexibility index (Phi) is 7.79. The molecule has 1 aliphatic rings. The summed E-state index contributed by atoms with van der Waals surface area (Å²) < 4.78 is 10.9. The SMILES string of the molecule is C=C(C=CC(=CC)C1=CCCC=C1)COC(C)(C(=O)NC)C(O)c1ccoc1. The van der Waals surface area contributed by atoms with Crippen LogP contribution in [0.2, 0.25) is 0 Å². The van der Waals surface area contributed by atoms with Crippen LogP contribution >= 0.6 is 0 Å². The van der Waals surface area contributed by atoms with Crippen LogP contribution in [0.25, 0.3) is 0 Å². The third kappa shape index (κ3) is 5.21. The molecule has 1 amide bonds. The van der Waals surface area contributed by atoms with E-state index in [4.69, 9.17) is 9.15 Å². The van der Waals surface area contributed by atoms with Crippen molar-refractivity contribution >= 4 is 5.91 Å². The Morgan fingerprint density at radius 3 is 2.82 bits per heavy atom. The zero-order valence-corrected chi connectivity index (χ0v) is 16.8. The van der Waals surface area contributed by atoms with Crippen molar-refractivity contribution in [2.45, 2.75) is 38.4 Å². The van der Waals surface area contributed by atoms with Gasteiger partial charge in [-0.05, 0) is 49.5 Å². The molecular formula is C23H29NO4. The lowest BCUT2D eigenvalue weighted by Crippen LogP contribution is -2.50. The van der Waals surface area contributed by atoms with Crippen LogP contribution in [-0.4, -0.2) is 30.3 Å². The molecule has 2 N–H and O–H groups in total. The predicted octanol–water partition coefficient (Wildman–Crippen LogP) is 4.17. The van der Waals surface area contributed by atoms with Gasteiger partial charge in [-0.15, -0.1) is 0 Å². The van der Waals surface area contributed by atoms with Gasteiger partial charge in [-0.1, -0.05) is 43.0 Å². The van der Waals surface area contributed by atoms with Crippen molar-refractivity contribution in [3.05, 3.63) is 83.9 Å². The van der Waals surface area contributed by atoms with Crippen molar-refractivity contribution in [2.24, 2.45) is 0 Å². The van der Waals surface area contributed by atoms with E-state index in [1.54, 1.807) is 13.0 Å². The van der Waals surface area contributed by atoms with Gasteiger partial charge in [0.15, 0.2) is 5.60 Å². The second kappa shape index (κ2) is 10.1. The van der Waals surface area contributed by atoms with Crippen LogP contribution in [0.3, 0.4) is 0 Å². The normalized spacial score (nSPS) is 17.9. The average molecular weight is 383 g/mol. The topological polar surface area (TPSA) is 71.7 Å². The molecule has 0 radical (unpaired) electrons. The summed E-state index contributed by atoms with van der Waals surface area (Å²) >= 11 is 0. The molecule has 1 aliphatic carbocycles. The molecule has 0 bridgehead atoms. The van der Waals surface area contributed by atoms with Gasteiger partial charge in [-0.3, -0.25) is 4.79 Å². The standard InChI is InChI=1S/C23H29NO4/c1-5-18(19-9-7-6-8-10-19)12-11-17(2)15-28-23(3,22(26)24-4)21(25)20-13-14-27-16-20/h5,7,9-14,16,21,25H,2,6,8,15H2,1,3-4H3,(H,24,26). The third-order valence-electron chi connectivity index (χ3n) is 4.75. The second-order valence-corrected chi connectivity index (χ2v) is 6.81. The zero-order valence-electron chi connectivity index (χ0n) is 16.8. The molecule has 0 saturated heterocycles. The number of ether oxygens (including phenoxy) is 1.